The molecule has 0 aliphatic rings. The predicted molar refractivity (Wildman–Crippen MR) is 77.1 cm³/mol. The van der Waals surface area contributed by atoms with Gasteiger partial charge in [-0.3, -0.25) is 4.21 Å². The topological polar surface area (TPSA) is 43.1 Å². The molecule has 0 aliphatic carbocycles. The van der Waals surface area contributed by atoms with Crippen LogP contribution in [0.4, 0.5) is 10.1 Å². The average molecular weight is 298 g/mol. The summed E-state index contributed by atoms with van der Waals surface area (Å²) in [4.78, 5) is 0.483. The van der Waals surface area contributed by atoms with Crippen molar-refractivity contribution in [1.82, 2.24) is 0 Å². The van der Waals surface area contributed by atoms with E-state index in [2.05, 4.69) is 0 Å². The van der Waals surface area contributed by atoms with Crippen molar-refractivity contribution in [3.05, 3.63) is 58.4 Å². The predicted octanol–water partition coefficient (Wildman–Crippen LogP) is 3.68. The normalized spacial score (nSPS) is 12.4. The van der Waals surface area contributed by atoms with Gasteiger partial charge >= 0.3 is 0 Å². The van der Waals surface area contributed by atoms with Gasteiger partial charge in [0, 0.05) is 10.7 Å². The summed E-state index contributed by atoms with van der Waals surface area (Å²) in [6.45, 7) is 1.85. The third-order valence-corrected chi connectivity index (χ3v) is 4.47. The molecule has 0 amide bonds. The molecular weight excluding hydrogens is 285 g/mol. The fourth-order valence-electron chi connectivity index (χ4n) is 1.72. The molecule has 2 aromatic rings. The van der Waals surface area contributed by atoms with E-state index in [-0.39, 0.29) is 11.6 Å². The number of nitrogen functional groups attached to an aromatic ring is 1. The fourth-order valence-corrected chi connectivity index (χ4v) is 3.30. The number of rotatable bonds is 3. The lowest BCUT2D eigenvalue weighted by molar-refractivity contribution is 0.625. The first-order chi connectivity index (χ1) is 8.97. The smallest absolute Gasteiger partial charge is 0.123 e. The van der Waals surface area contributed by atoms with E-state index in [4.69, 9.17) is 17.3 Å². The highest BCUT2D eigenvalue weighted by molar-refractivity contribution is 7.84. The first-order valence-corrected chi connectivity index (χ1v) is 7.35. The lowest BCUT2D eigenvalue weighted by Gasteiger charge is -2.08. The lowest BCUT2D eigenvalue weighted by atomic mass is 10.1. The molecule has 0 saturated heterocycles. The van der Waals surface area contributed by atoms with Crippen molar-refractivity contribution in [3.63, 3.8) is 0 Å². The van der Waals surface area contributed by atoms with Gasteiger partial charge in [-0.15, -0.1) is 0 Å². The molecular formula is C14H13ClFNOS. The fraction of sp³-hybridized carbons (Fsp3) is 0.143. The van der Waals surface area contributed by atoms with Gasteiger partial charge in [0.25, 0.3) is 0 Å². The Bertz CT molecular complexity index is 645. The van der Waals surface area contributed by atoms with E-state index in [1.54, 1.807) is 24.3 Å². The maximum absolute atomic E-state index is 13.2. The second kappa shape index (κ2) is 5.72. The molecule has 0 bridgehead atoms. The van der Waals surface area contributed by atoms with Crippen LogP contribution in [0.5, 0.6) is 0 Å². The third-order valence-electron chi connectivity index (χ3n) is 2.82. The van der Waals surface area contributed by atoms with Crippen LogP contribution in [0.15, 0.2) is 41.3 Å². The number of halogens is 2. The van der Waals surface area contributed by atoms with Gasteiger partial charge in [0.15, 0.2) is 0 Å². The number of hydrogen-bond acceptors (Lipinski definition) is 2. The van der Waals surface area contributed by atoms with E-state index in [0.29, 0.717) is 21.2 Å². The molecule has 0 radical (unpaired) electrons. The van der Waals surface area contributed by atoms with E-state index in [0.717, 1.165) is 5.56 Å². The molecule has 0 fully saturated rings. The number of benzene rings is 2. The number of hydrogen-bond donors (Lipinski definition) is 1. The van der Waals surface area contributed by atoms with Crippen LogP contribution in [-0.4, -0.2) is 4.21 Å². The zero-order valence-corrected chi connectivity index (χ0v) is 11.9. The van der Waals surface area contributed by atoms with Crippen LogP contribution in [0, 0.1) is 12.7 Å². The van der Waals surface area contributed by atoms with Gasteiger partial charge in [-0.25, -0.2) is 4.39 Å². The van der Waals surface area contributed by atoms with Gasteiger partial charge in [0.05, 0.1) is 21.4 Å². The van der Waals surface area contributed by atoms with Crippen molar-refractivity contribution in [3.8, 4) is 0 Å². The molecule has 0 aromatic heterocycles. The monoisotopic (exact) mass is 297 g/mol. The maximum atomic E-state index is 13.2. The van der Waals surface area contributed by atoms with Crippen molar-refractivity contribution in [2.75, 3.05) is 5.73 Å². The van der Waals surface area contributed by atoms with Crippen molar-refractivity contribution >= 4 is 28.1 Å². The van der Waals surface area contributed by atoms with Crippen molar-refractivity contribution in [2.24, 2.45) is 0 Å². The van der Waals surface area contributed by atoms with Crippen LogP contribution < -0.4 is 5.73 Å². The van der Waals surface area contributed by atoms with Crippen LogP contribution in [0.2, 0.25) is 5.02 Å². The summed E-state index contributed by atoms with van der Waals surface area (Å²) in [6, 6.07) is 9.30. The van der Waals surface area contributed by atoms with E-state index in [1.165, 1.54) is 12.1 Å². The van der Waals surface area contributed by atoms with Crippen molar-refractivity contribution in [1.29, 1.82) is 0 Å². The highest BCUT2D eigenvalue weighted by Gasteiger charge is 2.11. The average Bonchev–Trinajstić information content (AvgIpc) is 2.36. The van der Waals surface area contributed by atoms with Gasteiger partial charge in [-0.2, -0.15) is 0 Å². The summed E-state index contributed by atoms with van der Waals surface area (Å²) >= 11 is 5.87. The Morgan fingerprint density at radius 1 is 1.26 bits per heavy atom. The second-order valence-corrected chi connectivity index (χ2v) is 6.10. The van der Waals surface area contributed by atoms with Crippen LogP contribution >= 0.6 is 11.6 Å². The zero-order chi connectivity index (χ0) is 14.0. The first kappa shape index (κ1) is 14.0. The standard InChI is InChI=1S/C14H13ClFNOS/c1-9-2-4-12(16)6-10(9)8-19(18)14-7-11(15)3-5-13(14)17/h2-7H,8,17H2,1H3. The molecule has 0 saturated carbocycles. The third kappa shape index (κ3) is 3.33. The molecule has 2 rings (SSSR count). The summed E-state index contributed by atoms with van der Waals surface area (Å²) in [5.74, 6) is -0.120. The zero-order valence-electron chi connectivity index (χ0n) is 10.3. The van der Waals surface area contributed by atoms with Crippen molar-refractivity contribution < 1.29 is 8.60 Å². The van der Waals surface area contributed by atoms with Gasteiger partial charge in [0.1, 0.15) is 5.82 Å². The Morgan fingerprint density at radius 3 is 2.74 bits per heavy atom. The number of nitrogens with two attached hydrogens (primary N) is 1. The Hall–Kier alpha value is -1.39. The molecule has 0 aliphatic heterocycles. The lowest BCUT2D eigenvalue weighted by Crippen LogP contribution is -2.02. The minimum Gasteiger partial charge on any atom is -0.398 e. The van der Waals surface area contributed by atoms with E-state index >= 15 is 0 Å². The Kier molecular flexibility index (Phi) is 4.22. The van der Waals surface area contributed by atoms with Gasteiger partial charge in [-0.1, -0.05) is 17.7 Å². The molecule has 1 unspecified atom stereocenters. The Balaban J connectivity index is 2.30. The van der Waals surface area contributed by atoms with Gasteiger partial charge in [-0.05, 0) is 48.4 Å². The minimum absolute atomic E-state index is 0.216. The van der Waals surface area contributed by atoms with Gasteiger partial charge in [0.2, 0.25) is 0 Å². The maximum Gasteiger partial charge on any atom is 0.123 e. The number of aryl methyl sites for hydroxylation is 1. The van der Waals surface area contributed by atoms with Crippen LogP contribution in [-0.2, 0) is 16.6 Å². The van der Waals surface area contributed by atoms with Crippen LogP contribution in [0.1, 0.15) is 11.1 Å². The van der Waals surface area contributed by atoms with Crippen molar-refractivity contribution in [2.45, 2.75) is 17.6 Å². The molecule has 100 valence electrons. The van der Waals surface area contributed by atoms with Crippen LogP contribution in [0.3, 0.4) is 0 Å². The van der Waals surface area contributed by atoms with E-state index in [1.807, 2.05) is 6.92 Å². The number of anilines is 1. The summed E-state index contributed by atoms with van der Waals surface area (Å²) in [7, 11) is -1.35. The van der Waals surface area contributed by atoms with E-state index < -0.39 is 10.8 Å². The molecule has 5 heteroatoms. The molecule has 19 heavy (non-hydrogen) atoms. The molecule has 1 atom stereocenters. The second-order valence-electron chi connectivity index (χ2n) is 4.24. The Morgan fingerprint density at radius 2 is 2.00 bits per heavy atom. The first-order valence-electron chi connectivity index (χ1n) is 5.66. The highest BCUT2D eigenvalue weighted by atomic mass is 35.5. The minimum atomic E-state index is -1.35. The summed E-state index contributed by atoms with van der Waals surface area (Å²) in [6.07, 6.45) is 0. The quantitative estimate of drug-likeness (QED) is 0.878. The largest absolute Gasteiger partial charge is 0.398 e. The summed E-state index contributed by atoms with van der Waals surface area (Å²) in [5.41, 5.74) is 7.82. The highest BCUT2D eigenvalue weighted by Crippen LogP contribution is 2.24. The summed E-state index contributed by atoms with van der Waals surface area (Å²) < 4.78 is 25.5. The van der Waals surface area contributed by atoms with Gasteiger partial charge < -0.3 is 5.73 Å². The molecule has 2 N–H and O–H groups in total. The molecule has 2 aromatic carbocycles. The van der Waals surface area contributed by atoms with E-state index in [9.17, 15) is 8.60 Å². The molecule has 0 spiro atoms. The Labute approximate surface area is 118 Å². The molecule has 2 nitrogen and oxygen atoms in total. The summed E-state index contributed by atoms with van der Waals surface area (Å²) in [5, 5.41) is 0.480. The SMILES string of the molecule is Cc1ccc(F)cc1CS(=O)c1cc(Cl)ccc1N. The van der Waals surface area contributed by atoms with Crippen LogP contribution in [0.25, 0.3) is 0 Å². The molecule has 0 heterocycles.